The first-order chi connectivity index (χ1) is 15.7. The van der Waals surface area contributed by atoms with E-state index in [4.69, 9.17) is 0 Å². The number of aliphatic hydroxyl groups excluding tert-OH is 1. The zero-order valence-corrected chi connectivity index (χ0v) is 19.7. The number of hydrogen-bond donors (Lipinski definition) is 3. The SMILES string of the molecule is O=C(O)C[N+]1([C@@H](Cc2cc(F)cc(F)c2)[C@H](O)CNCc2cccc(I)c2)N=CC=CC1=O. The van der Waals surface area contributed by atoms with E-state index in [-0.39, 0.29) is 18.5 Å². The van der Waals surface area contributed by atoms with Crippen molar-refractivity contribution in [3.63, 3.8) is 0 Å². The second kappa shape index (κ2) is 11.1. The fraction of sp³-hybridized carbons (Fsp3) is 0.261. The van der Waals surface area contributed by atoms with Crippen LogP contribution < -0.4 is 5.32 Å². The van der Waals surface area contributed by atoms with Crippen LogP contribution in [0.3, 0.4) is 0 Å². The molecule has 1 aliphatic rings. The van der Waals surface area contributed by atoms with Gasteiger partial charge in [-0.05, 0) is 64.1 Å². The number of carboxylic acids is 1. The summed E-state index contributed by atoms with van der Waals surface area (Å²) < 4.78 is 27.7. The number of carbonyl (C=O) groups excluding carboxylic acids is 1. The number of nitrogens with one attached hydrogen (secondary N) is 1. The summed E-state index contributed by atoms with van der Waals surface area (Å²) in [4.78, 5) is 24.5. The molecule has 3 N–H and O–H groups in total. The highest BCUT2D eigenvalue weighted by molar-refractivity contribution is 14.1. The zero-order valence-electron chi connectivity index (χ0n) is 17.5. The molecule has 1 aliphatic heterocycles. The molecule has 0 radical (unpaired) electrons. The van der Waals surface area contributed by atoms with E-state index >= 15 is 0 Å². The molecule has 3 atom stereocenters. The summed E-state index contributed by atoms with van der Waals surface area (Å²) in [6.07, 6.45) is 2.41. The Hall–Kier alpha value is -2.54. The number of allylic oxidation sites excluding steroid dienone is 1. The van der Waals surface area contributed by atoms with Crippen LogP contribution in [0.25, 0.3) is 0 Å². The molecule has 33 heavy (non-hydrogen) atoms. The summed E-state index contributed by atoms with van der Waals surface area (Å²) in [5, 5.41) is 27.8. The van der Waals surface area contributed by atoms with Crippen molar-refractivity contribution in [2.24, 2.45) is 5.10 Å². The van der Waals surface area contributed by atoms with Gasteiger partial charge in [0.15, 0.2) is 6.04 Å². The van der Waals surface area contributed by atoms with Crippen molar-refractivity contribution in [2.45, 2.75) is 25.1 Å². The lowest BCUT2D eigenvalue weighted by atomic mass is 9.97. The molecule has 0 spiro atoms. The van der Waals surface area contributed by atoms with E-state index in [2.05, 4.69) is 33.0 Å². The minimum atomic E-state index is -1.30. The lowest BCUT2D eigenvalue weighted by Gasteiger charge is -2.38. The van der Waals surface area contributed by atoms with E-state index in [9.17, 15) is 28.6 Å². The number of nitrogens with zero attached hydrogens (tertiary/aromatic N) is 2. The number of quaternary nitrogens is 1. The second-order valence-electron chi connectivity index (χ2n) is 7.72. The Kier molecular flexibility index (Phi) is 8.40. The molecule has 0 saturated heterocycles. The number of rotatable bonds is 10. The summed E-state index contributed by atoms with van der Waals surface area (Å²) in [7, 11) is 0. The second-order valence-corrected chi connectivity index (χ2v) is 8.96. The van der Waals surface area contributed by atoms with Gasteiger partial charge in [0.25, 0.3) is 0 Å². The minimum absolute atomic E-state index is 0.0000706. The molecule has 3 rings (SSSR count). The van der Waals surface area contributed by atoms with Gasteiger partial charge in [0.1, 0.15) is 17.7 Å². The molecule has 0 aliphatic carbocycles. The largest absolute Gasteiger partial charge is 0.477 e. The smallest absolute Gasteiger partial charge is 0.365 e. The first kappa shape index (κ1) is 25.1. The van der Waals surface area contributed by atoms with Gasteiger partial charge < -0.3 is 15.5 Å². The maximum absolute atomic E-state index is 13.8. The number of halogens is 3. The molecule has 0 aromatic heterocycles. The maximum atomic E-state index is 13.8. The van der Waals surface area contributed by atoms with Crippen LogP contribution in [-0.4, -0.2) is 58.1 Å². The molecule has 174 valence electrons. The van der Waals surface area contributed by atoms with Gasteiger partial charge in [-0.3, -0.25) is 0 Å². The van der Waals surface area contributed by atoms with Crippen molar-refractivity contribution in [1.82, 2.24) is 5.32 Å². The lowest BCUT2D eigenvalue weighted by Crippen LogP contribution is -2.64. The average molecular weight is 570 g/mol. The molecule has 2 aromatic carbocycles. The van der Waals surface area contributed by atoms with Gasteiger partial charge in [-0.1, -0.05) is 17.2 Å². The predicted molar refractivity (Wildman–Crippen MR) is 126 cm³/mol. The predicted octanol–water partition coefficient (Wildman–Crippen LogP) is 2.61. The van der Waals surface area contributed by atoms with Crippen molar-refractivity contribution in [3.8, 4) is 0 Å². The van der Waals surface area contributed by atoms with Gasteiger partial charge in [-0.25, -0.2) is 18.4 Å². The zero-order chi connectivity index (χ0) is 24.0. The van der Waals surface area contributed by atoms with Crippen molar-refractivity contribution in [3.05, 3.63) is 80.9 Å². The van der Waals surface area contributed by atoms with Gasteiger partial charge >= 0.3 is 11.9 Å². The Balaban J connectivity index is 1.89. The number of amides is 1. The van der Waals surface area contributed by atoms with Crippen molar-refractivity contribution in [2.75, 3.05) is 13.1 Å². The van der Waals surface area contributed by atoms with Crippen LogP contribution in [-0.2, 0) is 22.6 Å². The molecule has 2 aromatic rings. The van der Waals surface area contributed by atoms with Crippen LogP contribution in [0.4, 0.5) is 8.78 Å². The number of aliphatic hydroxyl groups is 1. The standard InChI is InChI=1S/C23H22F2IN3O4/c24-17-7-16(8-18(25)11-17)10-20(29(14-23(32)33)22(31)5-2-6-28-29)21(30)13-27-12-15-3-1-4-19(26)9-15/h1-9,11,20-21,27,30H,10,12-14H2/p+1/t20-,21+,29?/m0/s1. The number of aliphatic carboxylic acids is 1. The molecule has 1 unspecified atom stereocenters. The van der Waals surface area contributed by atoms with Crippen LogP contribution >= 0.6 is 22.6 Å². The monoisotopic (exact) mass is 570 g/mol. The highest BCUT2D eigenvalue weighted by Gasteiger charge is 2.50. The fourth-order valence-corrected chi connectivity index (χ4v) is 4.46. The summed E-state index contributed by atoms with van der Waals surface area (Å²) in [5.41, 5.74) is 1.15. The number of hydrogen-bond acceptors (Lipinski definition) is 5. The minimum Gasteiger partial charge on any atom is -0.477 e. The Labute approximate surface area is 203 Å². The third-order valence-corrected chi connectivity index (χ3v) is 5.96. The van der Waals surface area contributed by atoms with Gasteiger partial charge in [0.05, 0.1) is 6.21 Å². The number of benzene rings is 2. The third kappa shape index (κ3) is 6.50. The Morgan fingerprint density at radius 3 is 2.52 bits per heavy atom. The van der Waals surface area contributed by atoms with E-state index in [0.717, 1.165) is 21.3 Å². The Morgan fingerprint density at radius 1 is 1.15 bits per heavy atom. The molecular formula is C23H23F2IN3O4+. The van der Waals surface area contributed by atoms with Gasteiger partial charge in [0, 0.05) is 35.2 Å². The molecule has 1 amide bonds. The van der Waals surface area contributed by atoms with Crippen LogP contribution in [0.1, 0.15) is 11.1 Å². The Bertz CT molecular complexity index is 1070. The van der Waals surface area contributed by atoms with Gasteiger partial charge in [-0.15, -0.1) is 4.59 Å². The topological polar surface area (TPSA) is 99.0 Å². The molecule has 10 heteroatoms. The van der Waals surface area contributed by atoms with Crippen LogP contribution in [0.15, 0.2) is 59.7 Å². The molecule has 0 bridgehead atoms. The third-order valence-electron chi connectivity index (χ3n) is 5.29. The van der Waals surface area contributed by atoms with E-state index < -0.39 is 46.8 Å². The molecule has 0 saturated carbocycles. The summed E-state index contributed by atoms with van der Waals surface area (Å²) >= 11 is 2.19. The van der Waals surface area contributed by atoms with Gasteiger partial charge in [-0.2, -0.15) is 0 Å². The maximum Gasteiger partial charge on any atom is 0.365 e. The summed E-state index contributed by atoms with van der Waals surface area (Å²) in [6, 6.07) is 9.51. The fourth-order valence-electron chi connectivity index (χ4n) is 3.85. The van der Waals surface area contributed by atoms with E-state index in [1.165, 1.54) is 18.4 Å². The molecule has 7 nitrogen and oxygen atoms in total. The quantitative estimate of drug-likeness (QED) is 0.302. The van der Waals surface area contributed by atoms with Crippen molar-refractivity contribution < 1.29 is 33.2 Å². The highest BCUT2D eigenvalue weighted by atomic mass is 127. The first-order valence-electron chi connectivity index (χ1n) is 10.1. The Morgan fingerprint density at radius 2 is 1.88 bits per heavy atom. The van der Waals surface area contributed by atoms with Crippen molar-refractivity contribution >= 4 is 40.7 Å². The number of carboxylic acid groups (broad SMARTS) is 1. The molecule has 0 fully saturated rings. The highest BCUT2D eigenvalue weighted by Crippen LogP contribution is 2.26. The number of carbonyl (C=O) groups is 2. The normalized spacial score (nSPS) is 19.5. The van der Waals surface area contributed by atoms with E-state index in [1.54, 1.807) is 0 Å². The molecule has 1 heterocycles. The average Bonchev–Trinajstić information content (AvgIpc) is 2.73. The first-order valence-corrected chi connectivity index (χ1v) is 11.2. The van der Waals surface area contributed by atoms with E-state index in [0.29, 0.717) is 12.6 Å². The van der Waals surface area contributed by atoms with Crippen LogP contribution in [0.2, 0.25) is 0 Å². The lowest BCUT2D eigenvalue weighted by molar-refractivity contribution is -0.880. The van der Waals surface area contributed by atoms with Crippen LogP contribution in [0, 0.1) is 15.2 Å². The summed E-state index contributed by atoms with van der Waals surface area (Å²) in [6.45, 7) is -0.304. The van der Waals surface area contributed by atoms with Crippen molar-refractivity contribution in [1.29, 1.82) is 0 Å². The summed E-state index contributed by atoms with van der Waals surface area (Å²) in [5.74, 6) is -3.56. The van der Waals surface area contributed by atoms with Gasteiger partial charge in [0.2, 0.25) is 6.54 Å². The van der Waals surface area contributed by atoms with E-state index in [1.807, 2.05) is 24.3 Å². The van der Waals surface area contributed by atoms with Crippen LogP contribution in [0.5, 0.6) is 0 Å². The molecular weight excluding hydrogens is 547 g/mol.